The Hall–Kier alpha value is -2.63. The number of Topliss-reactive ketones (excluding diaryl/α,β-unsaturated/α-hetero) is 1. The molecule has 0 bridgehead atoms. The van der Waals surface area contributed by atoms with E-state index in [1.165, 1.54) is 0 Å². The van der Waals surface area contributed by atoms with Gasteiger partial charge in [-0.25, -0.2) is 0 Å². The molecule has 0 atom stereocenters. The Kier molecular flexibility index (Phi) is 5.46. The number of rotatable bonds is 5. The number of carbonyl (C=O) groups excluding carboxylic acids is 1. The van der Waals surface area contributed by atoms with Gasteiger partial charge in [-0.15, -0.1) is 0 Å². The van der Waals surface area contributed by atoms with E-state index in [1.807, 2.05) is 54.6 Å². The Morgan fingerprint density at radius 3 is 2.36 bits per heavy atom. The molecule has 1 aromatic heterocycles. The van der Waals surface area contributed by atoms with Crippen LogP contribution in [0.1, 0.15) is 23.0 Å². The van der Waals surface area contributed by atoms with E-state index in [-0.39, 0.29) is 5.78 Å². The Labute approximate surface area is 169 Å². The lowest BCUT2D eigenvalue weighted by Crippen LogP contribution is -2.45. The summed E-state index contributed by atoms with van der Waals surface area (Å²) in [5.74, 6) is 0.964. The second-order valence-corrected chi connectivity index (χ2v) is 7.49. The van der Waals surface area contributed by atoms with Crippen molar-refractivity contribution in [1.29, 1.82) is 0 Å². The maximum atomic E-state index is 11.4. The first-order chi connectivity index (χ1) is 13.6. The Morgan fingerprint density at radius 2 is 1.71 bits per heavy atom. The molecular weight excluding hydrogens is 374 g/mol. The summed E-state index contributed by atoms with van der Waals surface area (Å²) in [6.45, 7) is 6.12. The summed E-state index contributed by atoms with van der Waals surface area (Å²) in [5, 5.41) is 4.89. The zero-order chi connectivity index (χ0) is 19.5. The van der Waals surface area contributed by atoms with Gasteiger partial charge in [-0.3, -0.25) is 9.69 Å². The molecule has 0 saturated carbocycles. The summed E-state index contributed by atoms with van der Waals surface area (Å²) in [6.07, 6.45) is 0. The third-order valence-corrected chi connectivity index (χ3v) is 5.34. The van der Waals surface area contributed by atoms with Crippen molar-refractivity contribution in [3.8, 4) is 11.3 Å². The minimum Gasteiger partial charge on any atom is -0.369 e. The fourth-order valence-corrected chi connectivity index (χ4v) is 3.56. The van der Waals surface area contributed by atoms with Crippen LogP contribution in [0.3, 0.4) is 0 Å². The number of nitrogens with zero attached hydrogens (tertiary/aromatic N) is 3. The summed E-state index contributed by atoms with van der Waals surface area (Å²) >= 11 is 5.94. The quantitative estimate of drug-likeness (QED) is 0.594. The van der Waals surface area contributed by atoms with Crippen molar-refractivity contribution in [3.63, 3.8) is 0 Å². The van der Waals surface area contributed by atoms with Gasteiger partial charge in [-0.2, -0.15) is 0 Å². The number of anilines is 1. The minimum absolute atomic E-state index is 0.0985. The van der Waals surface area contributed by atoms with E-state index in [1.54, 1.807) is 6.92 Å². The monoisotopic (exact) mass is 395 g/mol. The van der Waals surface area contributed by atoms with Crippen molar-refractivity contribution in [2.75, 3.05) is 31.1 Å². The molecule has 3 aromatic rings. The largest absolute Gasteiger partial charge is 0.369 e. The SMILES string of the molecule is CC(=O)c1ccc(N2CCN(Cc3cc(-c4ccc(Cl)cc4)no3)CC2)cc1. The summed E-state index contributed by atoms with van der Waals surface area (Å²) in [6, 6.07) is 17.5. The fraction of sp³-hybridized carbons (Fsp3) is 0.273. The Morgan fingerprint density at radius 1 is 1.04 bits per heavy atom. The molecule has 0 aliphatic carbocycles. The Balaban J connectivity index is 1.33. The molecule has 0 amide bonds. The van der Waals surface area contributed by atoms with E-state index in [0.717, 1.165) is 61.0 Å². The molecule has 0 unspecified atom stereocenters. The van der Waals surface area contributed by atoms with Crippen molar-refractivity contribution in [2.24, 2.45) is 0 Å². The van der Waals surface area contributed by atoms with Gasteiger partial charge in [-0.05, 0) is 43.3 Å². The molecule has 0 N–H and O–H groups in total. The number of ketones is 1. The number of hydrogen-bond donors (Lipinski definition) is 0. The van der Waals surface area contributed by atoms with Crippen LogP contribution >= 0.6 is 11.6 Å². The molecular formula is C22H22ClN3O2. The van der Waals surface area contributed by atoms with Gasteiger partial charge in [0.2, 0.25) is 0 Å². The van der Waals surface area contributed by atoms with Gasteiger partial charge in [0.25, 0.3) is 0 Å². The highest BCUT2D eigenvalue weighted by Gasteiger charge is 2.19. The maximum absolute atomic E-state index is 11.4. The third kappa shape index (κ3) is 4.26. The van der Waals surface area contributed by atoms with Crippen molar-refractivity contribution in [1.82, 2.24) is 10.1 Å². The molecule has 0 spiro atoms. The summed E-state index contributed by atoms with van der Waals surface area (Å²) in [5.41, 5.74) is 3.74. The van der Waals surface area contributed by atoms with Crippen molar-refractivity contribution in [3.05, 3.63) is 70.9 Å². The molecule has 1 aliphatic rings. The van der Waals surface area contributed by atoms with Crippen LogP contribution in [-0.2, 0) is 6.54 Å². The highest BCUT2D eigenvalue weighted by atomic mass is 35.5. The zero-order valence-electron chi connectivity index (χ0n) is 15.8. The van der Waals surface area contributed by atoms with E-state index in [0.29, 0.717) is 5.02 Å². The molecule has 6 heteroatoms. The van der Waals surface area contributed by atoms with Gasteiger partial charge in [0.05, 0.1) is 6.54 Å². The molecule has 28 heavy (non-hydrogen) atoms. The average molecular weight is 396 g/mol. The third-order valence-electron chi connectivity index (χ3n) is 5.09. The second-order valence-electron chi connectivity index (χ2n) is 7.05. The van der Waals surface area contributed by atoms with Crippen LogP contribution in [-0.4, -0.2) is 42.0 Å². The number of hydrogen-bond acceptors (Lipinski definition) is 5. The normalized spacial score (nSPS) is 15.0. The molecule has 5 nitrogen and oxygen atoms in total. The lowest BCUT2D eigenvalue weighted by molar-refractivity contribution is 0.101. The Bertz CT molecular complexity index is 943. The van der Waals surface area contributed by atoms with Crippen LogP contribution in [0.15, 0.2) is 59.1 Å². The minimum atomic E-state index is 0.0985. The predicted molar refractivity (Wildman–Crippen MR) is 111 cm³/mol. The van der Waals surface area contributed by atoms with Crippen LogP contribution in [0, 0.1) is 0 Å². The zero-order valence-corrected chi connectivity index (χ0v) is 16.5. The fourth-order valence-electron chi connectivity index (χ4n) is 3.44. The summed E-state index contributed by atoms with van der Waals surface area (Å²) in [4.78, 5) is 16.1. The number of aromatic nitrogens is 1. The number of carbonyl (C=O) groups is 1. The first kappa shape index (κ1) is 18.7. The van der Waals surface area contributed by atoms with E-state index in [4.69, 9.17) is 16.1 Å². The summed E-state index contributed by atoms with van der Waals surface area (Å²) < 4.78 is 5.53. The molecule has 144 valence electrons. The second kappa shape index (κ2) is 8.17. The van der Waals surface area contributed by atoms with E-state index >= 15 is 0 Å². The van der Waals surface area contributed by atoms with Crippen LogP contribution in [0.25, 0.3) is 11.3 Å². The van der Waals surface area contributed by atoms with E-state index in [2.05, 4.69) is 15.0 Å². The predicted octanol–water partition coefficient (Wildman–Crippen LogP) is 4.52. The van der Waals surface area contributed by atoms with Crippen LogP contribution in [0.5, 0.6) is 0 Å². The van der Waals surface area contributed by atoms with Gasteiger partial charge < -0.3 is 9.42 Å². The van der Waals surface area contributed by atoms with Crippen molar-refractivity contribution >= 4 is 23.1 Å². The molecule has 1 aliphatic heterocycles. The molecule has 2 heterocycles. The van der Waals surface area contributed by atoms with Crippen molar-refractivity contribution in [2.45, 2.75) is 13.5 Å². The molecule has 0 radical (unpaired) electrons. The van der Waals surface area contributed by atoms with E-state index < -0.39 is 0 Å². The lowest BCUT2D eigenvalue weighted by atomic mass is 10.1. The molecule has 2 aromatic carbocycles. The van der Waals surface area contributed by atoms with Crippen LogP contribution in [0.2, 0.25) is 5.02 Å². The standard InChI is InChI=1S/C22H22ClN3O2/c1-16(27)17-4-8-20(9-5-17)26-12-10-25(11-13-26)15-21-14-22(24-28-21)18-2-6-19(23)7-3-18/h2-9,14H,10-13,15H2,1H3. The van der Waals surface area contributed by atoms with Gasteiger partial charge in [0.1, 0.15) is 5.69 Å². The first-order valence-corrected chi connectivity index (χ1v) is 9.76. The molecule has 1 fully saturated rings. The van der Waals surface area contributed by atoms with E-state index in [9.17, 15) is 4.79 Å². The average Bonchev–Trinajstić information content (AvgIpc) is 3.18. The van der Waals surface area contributed by atoms with Crippen LogP contribution in [0.4, 0.5) is 5.69 Å². The highest BCUT2D eigenvalue weighted by Crippen LogP contribution is 2.23. The number of benzene rings is 2. The van der Waals surface area contributed by atoms with Gasteiger partial charge in [-0.1, -0.05) is 28.9 Å². The van der Waals surface area contributed by atoms with Gasteiger partial charge in [0.15, 0.2) is 11.5 Å². The van der Waals surface area contributed by atoms with Gasteiger partial charge in [0, 0.05) is 54.1 Å². The van der Waals surface area contributed by atoms with Gasteiger partial charge >= 0.3 is 0 Å². The van der Waals surface area contributed by atoms with Crippen molar-refractivity contribution < 1.29 is 9.32 Å². The van der Waals surface area contributed by atoms with Crippen LogP contribution < -0.4 is 4.90 Å². The highest BCUT2D eigenvalue weighted by molar-refractivity contribution is 6.30. The topological polar surface area (TPSA) is 49.6 Å². The molecule has 4 rings (SSSR count). The number of halogens is 1. The summed E-state index contributed by atoms with van der Waals surface area (Å²) in [7, 11) is 0. The lowest BCUT2D eigenvalue weighted by Gasteiger charge is -2.35. The first-order valence-electron chi connectivity index (χ1n) is 9.38. The molecule has 1 saturated heterocycles. The smallest absolute Gasteiger partial charge is 0.159 e. The maximum Gasteiger partial charge on any atom is 0.159 e. The number of piperazine rings is 1.